The minimum Gasteiger partial charge on any atom is -0.347 e. The highest BCUT2D eigenvalue weighted by atomic mass is 32.2. The molecule has 2 amide bonds. The zero-order valence-electron chi connectivity index (χ0n) is 16.3. The highest BCUT2D eigenvalue weighted by Gasteiger charge is 2.29. The van der Waals surface area contributed by atoms with Gasteiger partial charge >= 0.3 is 0 Å². The van der Waals surface area contributed by atoms with Crippen LogP contribution in [0.15, 0.2) is 58.7 Å². The van der Waals surface area contributed by atoms with E-state index in [2.05, 4.69) is 25.3 Å². The van der Waals surface area contributed by atoms with Gasteiger partial charge in [-0.1, -0.05) is 18.6 Å². The van der Waals surface area contributed by atoms with Gasteiger partial charge in [0, 0.05) is 24.7 Å². The van der Waals surface area contributed by atoms with Gasteiger partial charge in [-0.05, 0) is 37.1 Å². The first kappa shape index (κ1) is 21.4. The number of aromatic nitrogens is 1. The molecule has 0 radical (unpaired) electrons. The lowest BCUT2D eigenvalue weighted by Crippen LogP contribution is -2.32. The molecule has 0 bridgehead atoms. The van der Waals surface area contributed by atoms with Gasteiger partial charge in [0.05, 0.1) is 23.3 Å². The smallest absolute Gasteiger partial charge is 0.263 e. The number of fused-ring (bicyclic) bond motifs is 1. The number of amidine groups is 1. The molecule has 1 aliphatic rings. The van der Waals surface area contributed by atoms with E-state index in [1.54, 1.807) is 42.6 Å². The van der Waals surface area contributed by atoms with Crippen molar-refractivity contribution in [3.8, 4) is 0 Å². The van der Waals surface area contributed by atoms with E-state index in [0.29, 0.717) is 36.5 Å². The van der Waals surface area contributed by atoms with Crippen molar-refractivity contribution in [3.05, 3.63) is 54.4 Å². The molecule has 9 nitrogen and oxygen atoms in total. The van der Waals surface area contributed by atoms with Gasteiger partial charge in [-0.2, -0.15) is 0 Å². The van der Waals surface area contributed by atoms with Gasteiger partial charge in [-0.25, -0.2) is 8.42 Å². The first-order chi connectivity index (χ1) is 14.5. The Balaban J connectivity index is 1.32. The van der Waals surface area contributed by atoms with Crippen LogP contribution in [0.3, 0.4) is 0 Å². The van der Waals surface area contributed by atoms with E-state index in [9.17, 15) is 18.0 Å². The van der Waals surface area contributed by atoms with Crippen LogP contribution in [0.4, 0.5) is 5.69 Å². The molecule has 2 heterocycles. The first-order valence-corrected chi connectivity index (χ1v) is 11.1. The fraction of sp³-hybridized carbons (Fsp3) is 0.300. The van der Waals surface area contributed by atoms with Crippen LogP contribution in [0.2, 0.25) is 0 Å². The van der Waals surface area contributed by atoms with Crippen molar-refractivity contribution in [1.29, 1.82) is 0 Å². The van der Waals surface area contributed by atoms with E-state index >= 15 is 0 Å². The summed E-state index contributed by atoms with van der Waals surface area (Å²) in [5.41, 5.74) is 1.16. The summed E-state index contributed by atoms with van der Waals surface area (Å²) in [6, 6.07) is 10.1. The summed E-state index contributed by atoms with van der Waals surface area (Å²) >= 11 is 0. The Kier molecular flexibility index (Phi) is 7.12. The van der Waals surface area contributed by atoms with Crippen molar-refractivity contribution < 1.29 is 18.0 Å². The molecular formula is C20H23N5O4S. The highest BCUT2D eigenvalue weighted by Crippen LogP contribution is 2.22. The second kappa shape index (κ2) is 9.97. The molecule has 3 rings (SSSR count). The number of carbonyl (C=O) groups is 2. The Morgan fingerprint density at radius 3 is 2.67 bits per heavy atom. The third-order valence-electron chi connectivity index (χ3n) is 4.39. The monoisotopic (exact) mass is 429 g/mol. The molecule has 30 heavy (non-hydrogen) atoms. The maximum Gasteiger partial charge on any atom is 0.263 e. The lowest BCUT2D eigenvalue weighted by atomic mass is 10.2. The Bertz CT molecular complexity index is 1040. The van der Waals surface area contributed by atoms with E-state index < -0.39 is 10.0 Å². The number of nitrogens with one attached hydrogen (secondary N) is 3. The van der Waals surface area contributed by atoms with Crippen molar-refractivity contribution in [3.63, 3.8) is 0 Å². The average molecular weight is 430 g/mol. The molecule has 1 aliphatic heterocycles. The van der Waals surface area contributed by atoms with Crippen molar-refractivity contribution >= 4 is 33.4 Å². The summed E-state index contributed by atoms with van der Waals surface area (Å²) in [4.78, 5) is 32.1. The van der Waals surface area contributed by atoms with Crippen LogP contribution in [-0.4, -0.2) is 44.1 Å². The number of carbonyl (C=O) groups excluding carboxylic acids is 2. The number of amides is 2. The molecule has 0 fully saturated rings. The van der Waals surface area contributed by atoms with E-state index in [-0.39, 0.29) is 23.3 Å². The van der Waals surface area contributed by atoms with E-state index in [4.69, 9.17) is 0 Å². The number of rotatable bonds is 9. The quantitative estimate of drug-likeness (QED) is 0.519. The number of unbranched alkanes of at least 4 members (excludes halogenated alkanes) is 2. The maximum absolute atomic E-state index is 12.0. The Morgan fingerprint density at radius 2 is 1.87 bits per heavy atom. The molecule has 2 aromatic rings. The van der Waals surface area contributed by atoms with Crippen LogP contribution in [0.25, 0.3) is 0 Å². The Morgan fingerprint density at radius 1 is 1.03 bits per heavy atom. The van der Waals surface area contributed by atoms with Gasteiger partial charge in [-0.15, -0.1) is 0 Å². The normalized spacial score (nSPS) is 15.3. The number of hydrogen-bond donors (Lipinski definition) is 3. The molecular weight excluding hydrogens is 406 g/mol. The summed E-state index contributed by atoms with van der Waals surface area (Å²) < 4.78 is 26.5. The molecule has 0 saturated heterocycles. The maximum atomic E-state index is 12.0. The van der Waals surface area contributed by atoms with Crippen molar-refractivity contribution in [1.82, 2.24) is 15.0 Å². The molecule has 1 aromatic carbocycles. The number of anilines is 1. The predicted octanol–water partition coefficient (Wildman–Crippen LogP) is 1.44. The second-order valence-corrected chi connectivity index (χ2v) is 8.36. The number of sulfonamides is 1. The predicted molar refractivity (Wildman–Crippen MR) is 113 cm³/mol. The summed E-state index contributed by atoms with van der Waals surface area (Å²) in [6.07, 6.45) is 5.59. The standard InChI is InChI=1S/C20H23N5O4S/c26-18(23-14-19(27)24-15-7-6-11-21-13-15)10-2-1-5-12-22-20-16-8-3-4-9-17(16)30(28,29)25-20/h3-4,6-9,11,13H,1-2,5,10,12,14H2,(H,22,25)(H,23,26)(H,24,27). The summed E-state index contributed by atoms with van der Waals surface area (Å²) in [7, 11) is -3.52. The van der Waals surface area contributed by atoms with Crippen LogP contribution in [0.1, 0.15) is 31.2 Å². The van der Waals surface area contributed by atoms with Gasteiger partial charge < -0.3 is 10.6 Å². The molecule has 1 aromatic heterocycles. The molecule has 0 atom stereocenters. The minimum absolute atomic E-state index is 0.0963. The molecule has 0 unspecified atom stereocenters. The van der Waals surface area contributed by atoms with Crippen molar-refractivity contribution in [2.45, 2.75) is 30.6 Å². The minimum atomic E-state index is -3.52. The Labute approximate surface area is 175 Å². The van der Waals surface area contributed by atoms with Crippen molar-refractivity contribution in [2.75, 3.05) is 18.4 Å². The number of aliphatic imine (C=N–C) groups is 1. The summed E-state index contributed by atoms with van der Waals surface area (Å²) in [5.74, 6) is -0.144. The zero-order valence-corrected chi connectivity index (χ0v) is 17.1. The lowest BCUT2D eigenvalue weighted by Gasteiger charge is -2.06. The number of benzene rings is 1. The van der Waals surface area contributed by atoms with Gasteiger partial charge in [0.15, 0.2) is 0 Å². The van der Waals surface area contributed by atoms with Crippen LogP contribution < -0.4 is 15.4 Å². The number of hydrogen-bond acceptors (Lipinski definition) is 6. The lowest BCUT2D eigenvalue weighted by molar-refractivity contribution is -0.124. The van der Waals surface area contributed by atoms with Crippen LogP contribution in [-0.2, 0) is 19.6 Å². The molecule has 0 spiro atoms. The van der Waals surface area contributed by atoms with Gasteiger partial charge in [0.1, 0.15) is 5.84 Å². The fourth-order valence-corrected chi connectivity index (χ4v) is 4.18. The van der Waals surface area contributed by atoms with E-state index in [0.717, 1.165) is 12.8 Å². The van der Waals surface area contributed by atoms with E-state index in [1.807, 2.05) is 0 Å². The third kappa shape index (κ3) is 5.86. The molecule has 0 saturated carbocycles. The summed E-state index contributed by atoms with van der Waals surface area (Å²) in [5, 5.41) is 5.22. The highest BCUT2D eigenvalue weighted by molar-refractivity contribution is 7.90. The fourth-order valence-electron chi connectivity index (χ4n) is 2.93. The zero-order chi connectivity index (χ0) is 21.4. The van der Waals surface area contributed by atoms with Crippen LogP contribution in [0.5, 0.6) is 0 Å². The molecule has 10 heteroatoms. The number of pyridine rings is 1. The van der Waals surface area contributed by atoms with Crippen molar-refractivity contribution in [2.24, 2.45) is 4.99 Å². The van der Waals surface area contributed by atoms with Crippen LogP contribution >= 0.6 is 0 Å². The largest absolute Gasteiger partial charge is 0.347 e. The van der Waals surface area contributed by atoms with Crippen LogP contribution in [0, 0.1) is 0 Å². The number of nitrogens with zero attached hydrogens (tertiary/aromatic N) is 2. The molecule has 0 aliphatic carbocycles. The van der Waals surface area contributed by atoms with Gasteiger partial charge in [-0.3, -0.25) is 24.3 Å². The third-order valence-corrected chi connectivity index (χ3v) is 5.78. The molecule has 158 valence electrons. The molecule has 3 N–H and O–H groups in total. The second-order valence-electron chi connectivity index (χ2n) is 6.71. The first-order valence-electron chi connectivity index (χ1n) is 9.59. The average Bonchev–Trinajstić information content (AvgIpc) is 3.00. The van der Waals surface area contributed by atoms with Gasteiger partial charge in [0.25, 0.3) is 10.0 Å². The van der Waals surface area contributed by atoms with Gasteiger partial charge in [0.2, 0.25) is 11.8 Å². The Hall–Kier alpha value is -3.27. The SMILES string of the molecule is O=C(CCCCCN=C1NS(=O)(=O)c2ccccc21)NCC(=O)Nc1cccnc1. The van der Waals surface area contributed by atoms with E-state index in [1.165, 1.54) is 6.20 Å². The summed E-state index contributed by atoms with van der Waals surface area (Å²) in [6.45, 7) is 0.363. The topological polar surface area (TPSA) is 130 Å².